The van der Waals surface area contributed by atoms with E-state index >= 15 is 0 Å². The normalized spacial score (nSPS) is 16.2. The first-order valence-corrected chi connectivity index (χ1v) is 9.22. The maximum Gasteiger partial charge on any atom is 0.0917 e. The number of benzene rings is 2. The summed E-state index contributed by atoms with van der Waals surface area (Å²) < 4.78 is 6.42. The van der Waals surface area contributed by atoms with E-state index in [1.807, 2.05) is 0 Å². The van der Waals surface area contributed by atoms with Gasteiger partial charge in [-0.1, -0.05) is 79.9 Å². The third-order valence-corrected chi connectivity index (χ3v) is 6.09. The molecule has 110 valence electrons. The Morgan fingerprint density at radius 1 is 0.762 bits per heavy atom. The average molecular weight is 298 g/mol. The molecule has 2 heteroatoms. The number of rotatable bonds is 5. The number of hydrogen-bond acceptors (Lipinski definition) is 1. The van der Waals surface area contributed by atoms with E-state index in [1.165, 1.54) is 42.7 Å². The highest BCUT2D eigenvalue weighted by Crippen LogP contribution is 2.37. The molecule has 0 bridgehead atoms. The Bertz CT molecular complexity index is 480. The van der Waals surface area contributed by atoms with Crippen LogP contribution in [-0.2, 0) is 4.52 Å². The van der Waals surface area contributed by atoms with E-state index in [-0.39, 0.29) is 0 Å². The van der Waals surface area contributed by atoms with Gasteiger partial charge in [0.25, 0.3) is 0 Å². The predicted octanol–water partition coefficient (Wildman–Crippen LogP) is 4.63. The minimum Gasteiger partial charge on any atom is -0.349 e. The lowest BCUT2D eigenvalue weighted by Crippen LogP contribution is -2.18. The van der Waals surface area contributed by atoms with Crippen LogP contribution in [0.4, 0.5) is 0 Å². The highest BCUT2D eigenvalue weighted by atomic mass is 31.1. The molecular weight excluding hydrogens is 275 g/mol. The van der Waals surface area contributed by atoms with E-state index in [4.69, 9.17) is 4.52 Å². The van der Waals surface area contributed by atoms with E-state index in [1.54, 1.807) is 0 Å². The average Bonchev–Trinajstić information content (AvgIpc) is 2.58. The van der Waals surface area contributed by atoms with Crippen LogP contribution in [0.25, 0.3) is 0 Å². The molecule has 0 atom stereocenters. The highest BCUT2D eigenvalue weighted by molar-refractivity contribution is 7.68. The largest absolute Gasteiger partial charge is 0.349 e. The zero-order chi connectivity index (χ0) is 14.3. The van der Waals surface area contributed by atoms with E-state index in [9.17, 15) is 0 Å². The molecule has 0 saturated heterocycles. The Morgan fingerprint density at radius 2 is 1.29 bits per heavy atom. The molecule has 0 spiro atoms. The topological polar surface area (TPSA) is 9.23 Å². The second-order valence-corrected chi connectivity index (χ2v) is 7.65. The molecule has 0 radical (unpaired) electrons. The van der Waals surface area contributed by atoms with Crippen molar-refractivity contribution in [2.24, 2.45) is 5.92 Å². The van der Waals surface area contributed by atoms with Gasteiger partial charge in [0, 0.05) is 10.6 Å². The first kappa shape index (κ1) is 14.8. The molecule has 0 aromatic heterocycles. The molecule has 1 aliphatic rings. The van der Waals surface area contributed by atoms with Crippen LogP contribution >= 0.6 is 8.15 Å². The van der Waals surface area contributed by atoms with Gasteiger partial charge >= 0.3 is 0 Å². The summed E-state index contributed by atoms with van der Waals surface area (Å²) in [6.07, 6.45) is 6.84. The van der Waals surface area contributed by atoms with Crippen molar-refractivity contribution in [3.05, 3.63) is 60.7 Å². The molecule has 1 fully saturated rings. The van der Waals surface area contributed by atoms with E-state index in [2.05, 4.69) is 60.7 Å². The van der Waals surface area contributed by atoms with Gasteiger partial charge in [-0.15, -0.1) is 0 Å². The summed E-state index contributed by atoms with van der Waals surface area (Å²) >= 11 is 0. The summed E-state index contributed by atoms with van der Waals surface area (Å²) in [5, 5.41) is 2.63. The quantitative estimate of drug-likeness (QED) is 0.731. The van der Waals surface area contributed by atoms with Gasteiger partial charge in [-0.3, -0.25) is 0 Å². The van der Waals surface area contributed by atoms with Crippen molar-refractivity contribution in [3.63, 3.8) is 0 Å². The molecule has 1 aliphatic carbocycles. The first-order valence-electron chi connectivity index (χ1n) is 7.96. The summed E-state index contributed by atoms with van der Waals surface area (Å²) in [4.78, 5) is 0. The predicted molar refractivity (Wildman–Crippen MR) is 91.6 cm³/mol. The molecule has 0 heterocycles. The summed E-state index contributed by atoms with van der Waals surface area (Å²) in [6.45, 7) is 0.912. The molecule has 0 N–H and O–H groups in total. The molecule has 3 rings (SSSR count). The van der Waals surface area contributed by atoms with Gasteiger partial charge in [0.15, 0.2) is 0 Å². The monoisotopic (exact) mass is 298 g/mol. The Balaban J connectivity index is 1.73. The Kier molecular flexibility index (Phi) is 5.43. The maximum atomic E-state index is 6.42. The second-order valence-electron chi connectivity index (χ2n) is 5.77. The van der Waals surface area contributed by atoms with Gasteiger partial charge in [-0.05, 0) is 18.8 Å². The summed E-state index contributed by atoms with van der Waals surface area (Å²) in [5.74, 6) is 0.760. The second kappa shape index (κ2) is 7.73. The Labute approximate surface area is 129 Å². The van der Waals surface area contributed by atoms with Crippen LogP contribution in [-0.4, -0.2) is 6.61 Å². The van der Waals surface area contributed by atoms with E-state index < -0.39 is 8.15 Å². The van der Waals surface area contributed by atoms with Gasteiger partial charge in [0.1, 0.15) is 0 Å². The molecule has 21 heavy (non-hydrogen) atoms. The summed E-state index contributed by atoms with van der Waals surface area (Å²) in [5.41, 5.74) is 0. The van der Waals surface area contributed by atoms with Gasteiger partial charge in [-0.25, -0.2) is 0 Å². The molecule has 2 aromatic rings. The maximum absolute atomic E-state index is 6.42. The van der Waals surface area contributed by atoms with Crippen molar-refractivity contribution in [1.29, 1.82) is 0 Å². The lowest BCUT2D eigenvalue weighted by Gasteiger charge is -2.25. The lowest BCUT2D eigenvalue weighted by molar-refractivity contribution is 0.228. The van der Waals surface area contributed by atoms with Crippen LogP contribution in [0.1, 0.15) is 32.1 Å². The third kappa shape index (κ3) is 4.15. The zero-order valence-corrected chi connectivity index (χ0v) is 13.3. The van der Waals surface area contributed by atoms with Crippen molar-refractivity contribution < 1.29 is 4.52 Å². The number of hydrogen-bond donors (Lipinski definition) is 0. The highest BCUT2D eigenvalue weighted by Gasteiger charge is 2.19. The van der Waals surface area contributed by atoms with Crippen molar-refractivity contribution in [2.75, 3.05) is 6.61 Å². The van der Waals surface area contributed by atoms with Crippen molar-refractivity contribution in [3.8, 4) is 0 Å². The molecule has 2 aromatic carbocycles. The Morgan fingerprint density at radius 3 is 1.81 bits per heavy atom. The molecule has 0 aliphatic heterocycles. The van der Waals surface area contributed by atoms with Crippen LogP contribution in [0, 0.1) is 5.92 Å². The Hall–Kier alpha value is -1.17. The smallest absolute Gasteiger partial charge is 0.0917 e. The minimum atomic E-state index is -0.676. The van der Waals surface area contributed by atoms with E-state index in [0.717, 1.165) is 12.5 Å². The fourth-order valence-corrected chi connectivity index (χ4v) is 4.80. The lowest BCUT2D eigenvalue weighted by atomic mass is 9.90. The first-order chi connectivity index (χ1) is 10.4. The van der Waals surface area contributed by atoms with Gasteiger partial charge in [-0.2, -0.15) is 0 Å². The van der Waals surface area contributed by atoms with Crippen LogP contribution in [0.3, 0.4) is 0 Å². The standard InChI is InChI=1S/C19H23OP/c1-4-10-17(11-5-1)16-20-21(18-12-6-2-7-13-18)19-14-8-3-9-15-19/h2-3,6-9,12-15,17H,1,4-5,10-11,16H2. The molecular formula is C19H23OP. The molecule has 1 saturated carbocycles. The summed E-state index contributed by atoms with van der Waals surface area (Å²) in [7, 11) is -0.676. The van der Waals surface area contributed by atoms with Gasteiger partial charge < -0.3 is 4.52 Å². The third-order valence-electron chi connectivity index (χ3n) is 4.15. The van der Waals surface area contributed by atoms with E-state index in [0.29, 0.717) is 0 Å². The minimum absolute atomic E-state index is 0.676. The van der Waals surface area contributed by atoms with Gasteiger partial charge in [0.2, 0.25) is 0 Å². The van der Waals surface area contributed by atoms with Crippen LogP contribution < -0.4 is 10.6 Å². The van der Waals surface area contributed by atoms with Crippen LogP contribution in [0.5, 0.6) is 0 Å². The summed E-state index contributed by atoms with van der Waals surface area (Å²) in [6, 6.07) is 21.4. The molecule has 0 unspecified atom stereocenters. The molecule has 0 amide bonds. The van der Waals surface area contributed by atoms with Crippen molar-refractivity contribution >= 4 is 18.8 Å². The zero-order valence-electron chi connectivity index (χ0n) is 12.4. The SMILES string of the molecule is c1ccc(P(OCC2CCCCC2)c2ccccc2)cc1. The van der Waals surface area contributed by atoms with Crippen LogP contribution in [0.2, 0.25) is 0 Å². The fourth-order valence-electron chi connectivity index (χ4n) is 2.96. The van der Waals surface area contributed by atoms with Crippen molar-refractivity contribution in [2.45, 2.75) is 32.1 Å². The van der Waals surface area contributed by atoms with Gasteiger partial charge in [0.05, 0.1) is 14.8 Å². The van der Waals surface area contributed by atoms with Crippen LogP contribution in [0.15, 0.2) is 60.7 Å². The fraction of sp³-hybridized carbons (Fsp3) is 0.368. The van der Waals surface area contributed by atoms with Crippen molar-refractivity contribution in [1.82, 2.24) is 0 Å². The molecule has 1 nitrogen and oxygen atoms in total.